The van der Waals surface area contributed by atoms with Crippen molar-refractivity contribution in [2.45, 2.75) is 88.9 Å². The minimum absolute atomic E-state index is 0.0450. The Balaban J connectivity index is 1.51. The lowest BCUT2D eigenvalue weighted by Gasteiger charge is -2.31. The maximum absolute atomic E-state index is 14.3. The van der Waals surface area contributed by atoms with Crippen molar-refractivity contribution < 1.29 is 46.9 Å². The van der Waals surface area contributed by atoms with E-state index in [-0.39, 0.29) is 36.2 Å². The van der Waals surface area contributed by atoms with Gasteiger partial charge in [0.2, 0.25) is 5.60 Å². The molecule has 0 amide bonds. The lowest BCUT2D eigenvalue weighted by molar-refractivity contribution is -0.169. The zero-order valence-electron chi connectivity index (χ0n) is 26.6. The number of ether oxygens (including phenoxy) is 4. The monoisotopic (exact) mass is 684 g/mol. The molecule has 0 radical (unpaired) electrons. The predicted octanol–water partition coefficient (Wildman–Crippen LogP) is 3.57. The summed E-state index contributed by atoms with van der Waals surface area (Å²) in [5.41, 5.74) is 4.50. The number of esters is 3. The van der Waals surface area contributed by atoms with Gasteiger partial charge in [-0.05, 0) is 50.5 Å². The van der Waals surface area contributed by atoms with Crippen molar-refractivity contribution in [3.8, 4) is 11.8 Å². The highest BCUT2D eigenvalue weighted by atomic mass is 31.2. The number of nitrogens with zero attached hydrogens (tertiary/aromatic N) is 4. The highest BCUT2D eigenvalue weighted by molar-refractivity contribution is 7.52. The molecule has 1 saturated heterocycles. The number of benzene rings is 1. The Labute approximate surface area is 276 Å². The molecule has 1 aliphatic heterocycles. The average Bonchev–Trinajstić information content (AvgIpc) is 3.62. The van der Waals surface area contributed by atoms with Crippen LogP contribution >= 0.6 is 7.75 Å². The van der Waals surface area contributed by atoms with Crippen LogP contribution in [0, 0.1) is 11.3 Å². The van der Waals surface area contributed by atoms with E-state index in [1.54, 1.807) is 44.2 Å². The second-order valence-corrected chi connectivity index (χ2v) is 13.0. The number of hydrogen-bond acceptors (Lipinski definition) is 14. The molecule has 3 heterocycles. The molecule has 2 unspecified atom stereocenters. The van der Waals surface area contributed by atoms with Crippen molar-refractivity contribution >= 4 is 37.0 Å². The fraction of sp³-hybridized carbons (Fsp3) is 0.484. The van der Waals surface area contributed by atoms with Crippen LogP contribution in [0.2, 0.25) is 0 Å². The lowest BCUT2D eigenvalue weighted by Crippen LogP contribution is -2.49. The first kappa shape index (κ1) is 34.8. The first-order valence-electron chi connectivity index (χ1n) is 15.5. The Hall–Kier alpha value is -4.55. The van der Waals surface area contributed by atoms with E-state index >= 15 is 0 Å². The summed E-state index contributed by atoms with van der Waals surface area (Å²) in [6.07, 6.45) is -0.975. The van der Waals surface area contributed by atoms with Crippen LogP contribution in [0.1, 0.15) is 64.7 Å². The highest BCUT2D eigenvalue weighted by Crippen LogP contribution is 2.50. The summed E-state index contributed by atoms with van der Waals surface area (Å²) >= 11 is 0. The van der Waals surface area contributed by atoms with Crippen molar-refractivity contribution in [1.82, 2.24) is 19.7 Å². The van der Waals surface area contributed by atoms with Crippen molar-refractivity contribution in [2.24, 2.45) is 0 Å². The fourth-order valence-electron chi connectivity index (χ4n) is 5.12. The van der Waals surface area contributed by atoms with E-state index in [0.29, 0.717) is 5.52 Å². The van der Waals surface area contributed by atoms with E-state index in [4.69, 9.17) is 33.7 Å². The van der Waals surface area contributed by atoms with Gasteiger partial charge in [0, 0.05) is 12.8 Å². The Kier molecular flexibility index (Phi) is 10.6. The van der Waals surface area contributed by atoms with Crippen molar-refractivity contribution in [1.29, 1.82) is 5.26 Å². The Morgan fingerprint density at radius 2 is 1.83 bits per heavy atom. The third-order valence-corrected chi connectivity index (χ3v) is 9.57. The number of para-hydroxylation sites is 1. The molecule has 1 aromatic carbocycles. The second kappa shape index (κ2) is 14.7. The average molecular weight is 685 g/mol. The van der Waals surface area contributed by atoms with Gasteiger partial charge in [0.15, 0.2) is 18.0 Å². The van der Waals surface area contributed by atoms with Gasteiger partial charge in [0.25, 0.3) is 0 Å². The number of carbonyl (C=O) groups excluding carboxylic acids is 3. The summed E-state index contributed by atoms with van der Waals surface area (Å²) in [5, 5.41) is 17.5. The fourth-order valence-corrected chi connectivity index (χ4v) is 6.64. The Morgan fingerprint density at radius 1 is 1.12 bits per heavy atom. The first-order valence-corrected chi connectivity index (χ1v) is 17.1. The smallest absolute Gasteiger partial charge is 0.459 e. The number of aromatic nitrogens is 3. The maximum Gasteiger partial charge on any atom is 0.459 e. The Morgan fingerprint density at radius 3 is 2.48 bits per heavy atom. The third-order valence-electron chi connectivity index (χ3n) is 7.95. The van der Waals surface area contributed by atoms with E-state index in [1.807, 2.05) is 6.07 Å². The van der Waals surface area contributed by atoms with E-state index in [0.717, 1.165) is 19.3 Å². The normalized spacial score (nSPS) is 24.1. The van der Waals surface area contributed by atoms with Gasteiger partial charge in [-0.25, -0.2) is 14.1 Å². The summed E-state index contributed by atoms with van der Waals surface area (Å²) in [4.78, 5) is 42.3. The zero-order chi connectivity index (χ0) is 34.5. The van der Waals surface area contributed by atoms with Crippen LogP contribution in [-0.2, 0) is 42.4 Å². The van der Waals surface area contributed by atoms with E-state index in [2.05, 4.69) is 15.2 Å². The Bertz CT molecular complexity index is 1730. The van der Waals surface area contributed by atoms with Crippen LogP contribution in [0.25, 0.3) is 5.52 Å². The van der Waals surface area contributed by atoms with Crippen LogP contribution in [-0.4, -0.2) is 69.1 Å². The number of fused-ring (bicyclic) bond motifs is 1. The summed E-state index contributed by atoms with van der Waals surface area (Å²) in [6, 6.07) is 12.1. The predicted molar refractivity (Wildman–Crippen MR) is 167 cm³/mol. The molecular weight excluding hydrogens is 647 g/mol. The van der Waals surface area contributed by atoms with Crippen molar-refractivity contribution in [2.75, 3.05) is 12.3 Å². The molecule has 48 heavy (non-hydrogen) atoms. The van der Waals surface area contributed by atoms with Gasteiger partial charge in [-0.1, -0.05) is 32.0 Å². The molecule has 2 aliphatic rings. The minimum Gasteiger partial charge on any atom is -0.461 e. The second-order valence-electron chi connectivity index (χ2n) is 11.3. The zero-order valence-corrected chi connectivity index (χ0v) is 27.5. The molecule has 6 atom stereocenters. The summed E-state index contributed by atoms with van der Waals surface area (Å²) in [7, 11) is -4.51. The number of nitrogens with one attached hydrogen (secondary N) is 1. The summed E-state index contributed by atoms with van der Waals surface area (Å²) in [5.74, 6) is -1.80. The van der Waals surface area contributed by atoms with Gasteiger partial charge in [-0.2, -0.15) is 15.4 Å². The SMILES string of the molecule is CCC(=O)O[C@H]1[C@H](c2ccc3c(N)ncnn23)O[C@](C#N)(COP(=O)(NC(C)C(=O)OC2CCC2)Oc2ccccc2)[C@H]1OC(=O)CC. The molecular formula is C31H37N6O10P. The molecule has 2 aromatic heterocycles. The summed E-state index contributed by atoms with van der Waals surface area (Å²) < 4.78 is 50.6. The number of anilines is 1. The molecule has 3 aromatic rings. The minimum atomic E-state index is -4.51. The molecule has 5 rings (SSSR count). The molecule has 3 N–H and O–H groups in total. The largest absolute Gasteiger partial charge is 0.461 e. The molecule has 0 bridgehead atoms. The van der Waals surface area contributed by atoms with Gasteiger partial charge < -0.3 is 29.2 Å². The molecule has 1 aliphatic carbocycles. The summed E-state index contributed by atoms with van der Waals surface area (Å²) in [6.45, 7) is 3.72. The van der Waals surface area contributed by atoms with Crippen LogP contribution in [0.15, 0.2) is 48.8 Å². The third kappa shape index (κ3) is 7.44. The number of nitriles is 1. The van der Waals surface area contributed by atoms with Gasteiger partial charge in [-0.3, -0.25) is 18.9 Å². The molecule has 2 fully saturated rings. The van der Waals surface area contributed by atoms with Crippen molar-refractivity contribution in [3.63, 3.8) is 0 Å². The highest BCUT2D eigenvalue weighted by Gasteiger charge is 2.62. The van der Waals surface area contributed by atoms with E-state index < -0.39 is 62.2 Å². The first-order chi connectivity index (χ1) is 23.0. The molecule has 16 nitrogen and oxygen atoms in total. The van der Waals surface area contributed by atoms with Gasteiger partial charge in [0.05, 0.1) is 5.69 Å². The van der Waals surface area contributed by atoms with E-state index in [1.165, 1.54) is 29.9 Å². The quantitative estimate of drug-likeness (QED) is 0.141. The van der Waals surface area contributed by atoms with E-state index in [9.17, 15) is 24.2 Å². The number of carbonyl (C=O) groups is 3. The van der Waals surface area contributed by atoms with Gasteiger partial charge >= 0.3 is 25.7 Å². The van der Waals surface area contributed by atoms with Gasteiger partial charge in [0.1, 0.15) is 48.5 Å². The van der Waals surface area contributed by atoms with Crippen LogP contribution < -0.4 is 15.3 Å². The van der Waals surface area contributed by atoms with Crippen LogP contribution in [0.4, 0.5) is 5.82 Å². The number of nitrogen functional groups attached to an aromatic ring is 1. The molecule has 1 saturated carbocycles. The number of nitrogens with two attached hydrogens (primary N) is 1. The number of hydrogen-bond donors (Lipinski definition) is 2. The van der Waals surface area contributed by atoms with Crippen molar-refractivity contribution in [3.05, 3.63) is 54.5 Å². The molecule has 256 valence electrons. The number of rotatable bonds is 14. The molecule has 17 heteroatoms. The topological polar surface area (TPSA) is 216 Å². The van der Waals surface area contributed by atoms with Gasteiger partial charge in [-0.15, -0.1) is 0 Å². The van der Waals surface area contributed by atoms with Crippen LogP contribution in [0.5, 0.6) is 5.75 Å². The lowest BCUT2D eigenvalue weighted by atomic mass is 9.95. The maximum atomic E-state index is 14.3. The van der Waals surface area contributed by atoms with Crippen LogP contribution in [0.3, 0.4) is 0 Å². The molecule has 0 spiro atoms. The standard InChI is InChI=1S/C31H37N6O10P/c1-4-24(38)44-27-26(22-14-15-23-29(33)34-18-35-37(22)23)46-31(16-32,28(27)45-25(39)5-2)17-42-48(41,47-21-10-7-6-8-11-21)36-19(3)30(40)43-20-12-9-13-20/h6-8,10-11,14-15,18-20,26-28H,4-5,9,12-13,17H2,1-3H3,(H,36,41)(H2,33,34,35)/t19?,26-,27-,28-,31+,48?/m0/s1.